The number of nitrogens with one attached hydrogen (secondary N) is 1. The third-order valence-electron chi connectivity index (χ3n) is 9.07. The molecule has 49 heavy (non-hydrogen) atoms. The van der Waals surface area contributed by atoms with Gasteiger partial charge < -0.3 is 20.2 Å². The molecule has 3 amide bonds. The van der Waals surface area contributed by atoms with Crippen LogP contribution in [0.4, 0.5) is 5.69 Å². The maximum atomic E-state index is 14.4. The van der Waals surface area contributed by atoms with E-state index in [1.807, 2.05) is 56.9 Å². The second kappa shape index (κ2) is 15.6. The van der Waals surface area contributed by atoms with Crippen LogP contribution in [0.15, 0.2) is 54.6 Å². The quantitative estimate of drug-likeness (QED) is 0.172. The number of hydrogen-bond donors (Lipinski definition) is 2. The lowest BCUT2D eigenvalue weighted by Crippen LogP contribution is -2.44. The van der Waals surface area contributed by atoms with E-state index < -0.39 is 12.1 Å². The number of rotatable bonds is 13. The first kappa shape index (κ1) is 35.5. The maximum absolute atomic E-state index is 14.4. The Kier molecular flexibility index (Phi) is 11.3. The summed E-state index contributed by atoms with van der Waals surface area (Å²) in [4.78, 5) is 44.9. The number of anilines is 1. The van der Waals surface area contributed by atoms with E-state index in [0.717, 1.165) is 42.5 Å². The topological polar surface area (TPSA) is 126 Å². The molecule has 0 aliphatic carbocycles. The fourth-order valence-corrected chi connectivity index (χ4v) is 6.17. The zero-order valence-electron chi connectivity index (χ0n) is 29.6. The Hall–Kier alpha value is -4.77. The highest BCUT2D eigenvalue weighted by Gasteiger charge is 2.31. The van der Waals surface area contributed by atoms with E-state index in [4.69, 9.17) is 5.10 Å². The van der Waals surface area contributed by atoms with E-state index >= 15 is 0 Å². The predicted octanol–water partition coefficient (Wildman–Crippen LogP) is 6.33. The lowest BCUT2D eigenvalue weighted by Gasteiger charge is -2.34. The largest absolute Gasteiger partial charge is 0.373 e. The summed E-state index contributed by atoms with van der Waals surface area (Å²) in [5.41, 5.74) is 5.28. The fourth-order valence-electron chi connectivity index (χ4n) is 6.17. The van der Waals surface area contributed by atoms with Crippen LogP contribution in [-0.2, 0) is 19.5 Å². The standard InChI is InChI=1S/C38H49N7O4/c1-7-10-18-42(19-11-8-2)38(49)32-20-26(6)45(41-32)33-17-16-29(39-36(47)34-23-31(25(4)5)40-44(34)9-3)22-30(33)37(48)43-24-28-15-13-12-14-27(28)21-35(43)46/h12-17,20,22-23,25,35,46H,7-11,18-19,21,24H2,1-6H3,(H,39,47)/t35-/m1/s1. The average molecular weight is 668 g/mol. The Morgan fingerprint density at radius 3 is 2.31 bits per heavy atom. The van der Waals surface area contributed by atoms with Gasteiger partial charge in [-0.1, -0.05) is 64.8 Å². The van der Waals surface area contributed by atoms with Crippen molar-refractivity contribution in [1.29, 1.82) is 0 Å². The van der Waals surface area contributed by atoms with Crippen LogP contribution < -0.4 is 5.32 Å². The van der Waals surface area contributed by atoms with Crippen molar-refractivity contribution in [2.24, 2.45) is 0 Å². The Bertz CT molecular complexity index is 1800. The normalized spacial score (nSPS) is 14.2. The number of carbonyl (C=O) groups is 3. The summed E-state index contributed by atoms with van der Waals surface area (Å²) in [6.07, 6.45) is 3.02. The number of benzene rings is 2. The van der Waals surface area contributed by atoms with Crippen molar-refractivity contribution in [2.75, 3.05) is 18.4 Å². The molecule has 0 unspecified atom stereocenters. The van der Waals surface area contributed by atoms with Gasteiger partial charge in [-0.25, -0.2) is 4.68 Å². The minimum absolute atomic E-state index is 0.142. The Morgan fingerprint density at radius 2 is 1.65 bits per heavy atom. The second-order valence-corrected chi connectivity index (χ2v) is 13.1. The number of nitrogens with zero attached hydrogens (tertiary/aromatic N) is 6. The van der Waals surface area contributed by atoms with Crippen LogP contribution in [0.2, 0.25) is 0 Å². The number of aromatic nitrogens is 4. The summed E-state index contributed by atoms with van der Waals surface area (Å²) in [5.74, 6) is -0.744. The zero-order chi connectivity index (χ0) is 35.2. The molecule has 0 radical (unpaired) electrons. The second-order valence-electron chi connectivity index (χ2n) is 13.1. The molecule has 1 aliphatic rings. The molecule has 2 aromatic heterocycles. The van der Waals surface area contributed by atoms with Crippen molar-refractivity contribution in [1.82, 2.24) is 29.4 Å². The lowest BCUT2D eigenvalue weighted by molar-refractivity contribution is -0.00173. The number of carbonyl (C=O) groups excluding carboxylic acids is 3. The van der Waals surface area contributed by atoms with Gasteiger partial charge in [-0.3, -0.25) is 19.1 Å². The summed E-state index contributed by atoms with van der Waals surface area (Å²) in [6.45, 7) is 14.1. The first-order valence-electron chi connectivity index (χ1n) is 17.5. The molecule has 11 nitrogen and oxygen atoms in total. The van der Waals surface area contributed by atoms with E-state index in [1.165, 1.54) is 4.90 Å². The molecule has 11 heteroatoms. The number of amides is 3. The van der Waals surface area contributed by atoms with E-state index in [2.05, 4.69) is 24.3 Å². The van der Waals surface area contributed by atoms with Crippen LogP contribution in [0.5, 0.6) is 0 Å². The van der Waals surface area contributed by atoms with Crippen molar-refractivity contribution < 1.29 is 19.5 Å². The van der Waals surface area contributed by atoms with Crippen LogP contribution >= 0.6 is 0 Å². The van der Waals surface area contributed by atoms with Crippen molar-refractivity contribution in [3.8, 4) is 5.69 Å². The van der Waals surface area contributed by atoms with Gasteiger partial charge in [0.1, 0.15) is 11.9 Å². The number of aliphatic hydroxyl groups excluding tert-OH is 1. The van der Waals surface area contributed by atoms with Crippen molar-refractivity contribution in [3.63, 3.8) is 0 Å². The van der Waals surface area contributed by atoms with Crippen LogP contribution in [0.1, 0.15) is 120 Å². The Balaban J connectivity index is 1.53. The first-order valence-corrected chi connectivity index (χ1v) is 17.5. The van der Waals surface area contributed by atoms with Crippen molar-refractivity contribution in [3.05, 3.63) is 94.1 Å². The van der Waals surface area contributed by atoms with Crippen LogP contribution in [0, 0.1) is 6.92 Å². The monoisotopic (exact) mass is 667 g/mol. The highest BCUT2D eigenvalue weighted by Crippen LogP contribution is 2.29. The Labute approximate surface area is 288 Å². The van der Waals surface area contributed by atoms with E-state index in [1.54, 1.807) is 39.7 Å². The molecule has 1 atom stereocenters. The summed E-state index contributed by atoms with van der Waals surface area (Å²) in [7, 11) is 0. The molecule has 0 saturated heterocycles. The number of aryl methyl sites for hydroxylation is 2. The number of hydrogen-bond acceptors (Lipinski definition) is 6. The van der Waals surface area contributed by atoms with Crippen LogP contribution in [0.25, 0.3) is 5.69 Å². The number of unbranched alkanes of at least 4 members (excludes halogenated alkanes) is 2. The first-order chi connectivity index (χ1) is 23.6. The van der Waals surface area contributed by atoms with E-state index in [9.17, 15) is 19.5 Å². The fraction of sp³-hybridized carbons (Fsp3) is 0.447. The van der Waals surface area contributed by atoms with Gasteiger partial charge in [0.15, 0.2) is 5.69 Å². The molecular formula is C38H49N7O4. The zero-order valence-corrected chi connectivity index (χ0v) is 29.6. The molecule has 2 N–H and O–H groups in total. The van der Waals surface area contributed by atoms with Crippen LogP contribution in [0.3, 0.4) is 0 Å². The van der Waals surface area contributed by atoms with Crippen LogP contribution in [-0.4, -0.2) is 71.5 Å². The molecule has 2 aromatic carbocycles. The Morgan fingerprint density at radius 1 is 0.959 bits per heavy atom. The highest BCUT2D eigenvalue weighted by molar-refractivity contribution is 6.05. The SMILES string of the molecule is CCCCN(CCCC)C(=O)c1cc(C)n(-c2ccc(NC(=O)c3cc(C(C)C)nn3CC)cc2C(=O)N2Cc3ccccc3C[C@H]2O)n1. The molecule has 0 fully saturated rings. The van der Waals surface area contributed by atoms with Crippen molar-refractivity contribution in [2.45, 2.75) is 98.9 Å². The summed E-state index contributed by atoms with van der Waals surface area (Å²) in [5, 5.41) is 23.4. The minimum Gasteiger partial charge on any atom is -0.373 e. The van der Waals surface area contributed by atoms with E-state index in [0.29, 0.717) is 54.5 Å². The van der Waals surface area contributed by atoms with Crippen molar-refractivity contribution >= 4 is 23.4 Å². The molecule has 0 spiro atoms. The van der Waals surface area contributed by atoms with Gasteiger partial charge in [-0.15, -0.1) is 0 Å². The van der Waals surface area contributed by atoms with Gasteiger partial charge in [0.2, 0.25) is 0 Å². The molecule has 260 valence electrons. The van der Waals surface area contributed by atoms with Gasteiger partial charge >= 0.3 is 0 Å². The molecule has 5 rings (SSSR count). The molecule has 4 aromatic rings. The van der Waals surface area contributed by atoms with Gasteiger partial charge in [-0.05, 0) is 74.1 Å². The molecule has 1 aliphatic heterocycles. The van der Waals surface area contributed by atoms with Gasteiger partial charge in [0.05, 0.1) is 16.9 Å². The maximum Gasteiger partial charge on any atom is 0.274 e. The molecule has 0 saturated carbocycles. The molecule has 3 heterocycles. The summed E-state index contributed by atoms with van der Waals surface area (Å²) < 4.78 is 3.28. The molecule has 0 bridgehead atoms. The molecular weight excluding hydrogens is 618 g/mol. The number of fused-ring (bicyclic) bond motifs is 1. The lowest BCUT2D eigenvalue weighted by atomic mass is 9.97. The van der Waals surface area contributed by atoms with Gasteiger partial charge in [-0.2, -0.15) is 10.2 Å². The predicted molar refractivity (Wildman–Crippen MR) is 190 cm³/mol. The van der Waals surface area contributed by atoms with Gasteiger partial charge in [0, 0.05) is 44.0 Å². The summed E-state index contributed by atoms with van der Waals surface area (Å²) >= 11 is 0. The highest BCUT2D eigenvalue weighted by atomic mass is 16.3. The number of aliphatic hydroxyl groups is 1. The third kappa shape index (κ3) is 7.77. The average Bonchev–Trinajstić information content (AvgIpc) is 3.71. The third-order valence-corrected chi connectivity index (χ3v) is 9.07. The van der Waals surface area contributed by atoms with Gasteiger partial charge in [0.25, 0.3) is 17.7 Å². The minimum atomic E-state index is -1.04. The smallest absolute Gasteiger partial charge is 0.274 e. The van der Waals surface area contributed by atoms with E-state index in [-0.39, 0.29) is 29.8 Å². The summed E-state index contributed by atoms with van der Waals surface area (Å²) in [6, 6.07) is 16.4.